The number of rotatable bonds is 8. The SMILES string of the molecule is CCc1ccc(CN(C)C(=O)CC(NC(C)=O)c2ccc(OC)cc2)cc1. The minimum Gasteiger partial charge on any atom is -0.497 e. The third-order valence-corrected chi connectivity index (χ3v) is 4.55. The van der Waals surface area contributed by atoms with Crippen LogP contribution in [0.5, 0.6) is 5.75 Å². The average Bonchev–Trinajstić information content (AvgIpc) is 2.67. The third-order valence-electron chi connectivity index (χ3n) is 4.55. The number of hydrogen-bond acceptors (Lipinski definition) is 3. The smallest absolute Gasteiger partial charge is 0.225 e. The van der Waals surface area contributed by atoms with Gasteiger partial charge in [0.2, 0.25) is 11.8 Å². The van der Waals surface area contributed by atoms with Crippen molar-refractivity contribution in [3.63, 3.8) is 0 Å². The number of ether oxygens (including phenoxy) is 1. The first kappa shape index (κ1) is 20.5. The van der Waals surface area contributed by atoms with Crippen molar-refractivity contribution in [1.82, 2.24) is 10.2 Å². The number of carbonyl (C=O) groups excluding carboxylic acids is 2. The van der Waals surface area contributed by atoms with E-state index in [9.17, 15) is 9.59 Å². The lowest BCUT2D eigenvalue weighted by atomic mass is 10.0. The Balaban J connectivity index is 2.05. The standard InChI is InChI=1S/C22H28N2O3/c1-5-17-6-8-18(9-7-17)15-24(3)22(26)14-21(23-16(2)25)19-10-12-20(27-4)13-11-19/h6-13,21H,5,14-15H2,1-4H3,(H,23,25). The lowest BCUT2D eigenvalue weighted by Gasteiger charge is -2.23. The minimum atomic E-state index is -0.370. The summed E-state index contributed by atoms with van der Waals surface area (Å²) in [6.07, 6.45) is 1.20. The number of methoxy groups -OCH3 is 1. The summed E-state index contributed by atoms with van der Waals surface area (Å²) in [5, 5.41) is 2.87. The molecule has 0 aromatic heterocycles. The number of nitrogens with zero attached hydrogens (tertiary/aromatic N) is 1. The van der Waals surface area contributed by atoms with Crippen molar-refractivity contribution in [2.45, 2.75) is 39.3 Å². The van der Waals surface area contributed by atoms with Gasteiger partial charge in [-0.15, -0.1) is 0 Å². The molecule has 0 radical (unpaired) electrons. The van der Waals surface area contributed by atoms with E-state index in [1.165, 1.54) is 12.5 Å². The maximum absolute atomic E-state index is 12.7. The van der Waals surface area contributed by atoms with Crippen LogP contribution in [0.15, 0.2) is 48.5 Å². The van der Waals surface area contributed by atoms with Gasteiger partial charge in [-0.25, -0.2) is 0 Å². The summed E-state index contributed by atoms with van der Waals surface area (Å²) < 4.78 is 5.17. The zero-order valence-corrected chi connectivity index (χ0v) is 16.5. The molecule has 0 saturated carbocycles. The average molecular weight is 368 g/mol. The highest BCUT2D eigenvalue weighted by Gasteiger charge is 2.20. The molecule has 0 bridgehead atoms. The Hall–Kier alpha value is -2.82. The van der Waals surface area contributed by atoms with Gasteiger partial charge in [-0.05, 0) is 35.2 Å². The van der Waals surface area contributed by atoms with Crippen molar-refractivity contribution in [2.75, 3.05) is 14.2 Å². The van der Waals surface area contributed by atoms with Crippen LogP contribution in [0.1, 0.15) is 43.0 Å². The maximum Gasteiger partial charge on any atom is 0.225 e. The number of carbonyl (C=O) groups is 2. The van der Waals surface area contributed by atoms with Crippen LogP contribution in [0.4, 0.5) is 0 Å². The quantitative estimate of drug-likeness (QED) is 0.776. The van der Waals surface area contributed by atoms with Gasteiger partial charge in [-0.2, -0.15) is 0 Å². The molecule has 0 fully saturated rings. The first-order valence-electron chi connectivity index (χ1n) is 9.15. The summed E-state index contributed by atoms with van der Waals surface area (Å²) >= 11 is 0. The van der Waals surface area contributed by atoms with E-state index in [2.05, 4.69) is 36.5 Å². The Labute approximate surface area is 161 Å². The molecule has 0 aliphatic heterocycles. The predicted molar refractivity (Wildman–Crippen MR) is 106 cm³/mol. The molecule has 2 aromatic rings. The molecule has 1 atom stereocenters. The molecule has 5 nitrogen and oxygen atoms in total. The van der Waals surface area contributed by atoms with Crippen molar-refractivity contribution >= 4 is 11.8 Å². The van der Waals surface area contributed by atoms with Crippen molar-refractivity contribution in [3.05, 3.63) is 65.2 Å². The molecule has 2 rings (SSSR count). The molecule has 2 amide bonds. The summed E-state index contributed by atoms with van der Waals surface area (Å²) in [6.45, 7) is 4.12. The van der Waals surface area contributed by atoms with E-state index in [4.69, 9.17) is 4.74 Å². The van der Waals surface area contributed by atoms with Crippen molar-refractivity contribution in [3.8, 4) is 5.75 Å². The van der Waals surface area contributed by atoms with E-state index in [1.807, 2.05) is 24.3 Å². The van der Waals surface area contributed by atoms with Crippen LogP contribution in [0, 0.1) is 0 Å². The fourth-order valence-electron chi connectivity index (χ4n) is 2.91. The van der Waals surface area contributed by atoms with Crippen molar-refractivity contribution in [2.24, 2.45) is 0 Å². The summed E-state index contributed by atoms with van der Waals surface area (Å²) in [4.78, 5) is 26.0. The monoisotopic (exact) mass is 368 g/mol. The molecule has 1 N–H and O–H groups in total. The first-order chi connectivity index (χ1) is 12.9. The van der Waals surface area contributed by atoms with E-state index in [0.29, 0.717) is 6.54 Å². The van der Waals surface area contributed by atoms with Crippen molar-refractivity contribution < 1.29 is 14.3 Å². The molecule has 2 aromatic carbocycles. The normalized spacial score (nSPS) is 11.6. The molecule has 0 aliphatic rings. The largest absolute Gasteiger partial charge is 0.497 e. The second-order valence-electron chi connectivity index (χ2n) is 6.65. The van der Waals surface area contributed by atoms with E-state index in [1.54, 1.807) is 19.1 Å². The van der Waals surface area contributed by atoms with E-state index in [-0.39, 0.29) is 24.3 Å². The summed E-state index contributed by atoms with van der Waals surface area (Å²) in [5.41, 5.74) is 3.24. The van der Waals surface area contributed by atoms with Crippen LogP contribution in [-0.4, -0.2) is 30.9 Å². The van der Waals surface area contributed by atoms with E-state index < -0.39 is 0 Å². The van der Waals surface area contributed by atoms with Crippen LogP contribution < -0.4 is 10.1 Å². The fraction of sp³-hybridized carbons (Fsp3) is 0.364. The second-order valence-corrected chi connectivity index (χ2v) is 6.65. The van der Waals surface area contributed by atoms with Gasteiger partial charge in [-0.1, -0.05) is 43.3 Å². The molecule has 0 spiro atoms. The van der Waals surface area contributed by atoms with Gasteiger partial charge < -0.3 is 15.0 Å². The van der Waals surface area contributed by atoms with Gasteiger partial charge in [0.25, 0.3) is 0 Å². The highest BCUT2D eigenvalue weighted by molar-refractivity contribution is 5.79. The molecule has 0 heterocycles. The van der Waals surface area contributed by atoms with Gasteiger partial charge in [0.1, 0.15) is 5.75 Å². The van der Waals surface area contributed by atoms with Crippen molar-refractivity contribution in [1.29, 1.82) is 0 Å². The highest BCUT2D eigenvalue weighted by atomic mass is 16.5. The lowest BCUT2D eigenvalue weighted by Crippen LogP contribution is -2.33. The zero-order valence-electron chi connectivity index (χ0n) is 16.5. The Bertz CT molecular complexity index is 754. The molecule has 0 saturated heterocycles. The third kappa shape index (κ3) is 6.13. The van der Waals surface area contributed by atoms with E-state index in [0.717, 1.165) is 23.3 Å². The maximum atomic E-state index is 12.7. The molecular weight excluding hydrogens is 340 g/mol. The zero-order chi connectivity index (χ0) is 19.8. The van der Waals surface area contributed by atoms with Gasteiger partial charge >= 0.3 is 0 Å². The van der Waals surface area contributed by atoms with Crippen LogP contribution in [0.3, 0.4) is 0 Å². The van der Waals surface area contributed by atoms with Gasteiger partial charge in [0.15, 0.2) is 0 Å². The molecule has 1 unspecified atom stereocenters. The van der Waals surface area contributed by atoms with Gasteiger partial charge in [0, 0.05) is 20.5 Å². The first-order valence-corrected chi connectivity index (χ1v) is 9.15. The number of aryl methyl sites for hydroxylation is 1. The molecule has 27 heavy (non-hydrogen) atoms. The Morgan fingerprint density at radius 3 is 2.15 bits per heavy atom. The second kappa shape index (κ2) is 9.76. The number of amides is 2. The highest BCUT2D eigenvalue weighted by Crippen LogP contribution is 2.21. The molecular formula is C22H28N2O3. The van der Waals surface area contributed by atoms with Crippen LogP contribution in [0.25, 0.3) is 0 Å². The van der Waals surface area contributed by atoms with Crippen LogP contribution in [0.2, 0.25) is 0 Å². The van der Waals surface area contributed by atoms with Gasteiger partial charge in [0.05, 0.1) is 19.6 Å². The Kier molecular flexibility index (Phi) is 7.41. The molecule has 0 aliphatic carbocycles. The summed E-state index contributed by atoms with van der Waals surface area (Å²) in [5.74, 6) is 0.546. The van der Waals surface area contributed by atoms with Crippen LogP contribution >= 0.6 is 0 Å². The predicted octanol–water partition coefficient (Wildman–Crippen LogP) is 3.48. The van der Waals surface area contributed by atoms with Crippen LogP contribution in [-0.2, 0) is 22.6 Å². The number of hydrogen-bond donors (Lipinski definition) is 1. The van der Waals surface area contributed by atoms with E-state index >= 15 is 0 Å². The van der Waals surface area contributed by atoms with Gasteiger partial charge in [-0.3, -0.25) is 9.59 Å². The lowest BCUT2D eigenvalue weighted by molar-refractivity contribution is -0.131. The fourth-order valence-corrected chi connectivity index (χ4v) is 2.91. The Morgan fingerprint density at radius 2 is 1.63 bits per heavy atom. The summed E-state index contributed by atoms with van der Waals surface area (Å²) in [7, 11) is 3.39. The molecule has 144 valence electrons. The number of benzene rings is 2. The minimum absolute atomic E-state index is 0.0239. The number of nitrogens with one attached hydrogen (secondary N) is 1. The topological polar surface area (TPSA) is 58.6 Å². The molecule has 5 heteroatoms. The summed E-state index contributed by atoms with van der Waals surface area (Å²) in [6, 6.07) is 15.3. The Morgan fingerprint density at radius 1 is 1.04 bits per heavy atom.